The van der Waals surface area contributed by atoms with Crippen molar-refractivity contribution in [2.45, 2.75) is 6.54 Å². The molecule has 3 N–H and O–H groups in total. The third kappa shape index (κ3) is 3.35. The number of primary amides is 1. The number of carbonyl (C=O) groups excluding carboxylic acids is 1. The van der Waals surface area contributed by atoms with Gasteiger partial charge >= 0.3 is 0 Å². The standard InChI is InChI=1S/C11H13N7O/c1-18(7-8-5-3-2-4-6-8)17-15-11-9(10(12)19)13-16-14-11/h2-6H,7H2,1H3,(H2,12,19)(H,13,14,16). The Morgan fingerprint density at radius 2 is 2.11 bits per heavy atom. The first-order valence-corrected chi connectivity index (χ1v) is 5.54. The smallest absolute Gasteiger partial charge is 0.273 e. The SMILES string of the molecule is CN(Cc1ccccc1)N=Nc1n[nH]nc1C(N)=O. The van der Waals surface area contributed by atoms with E-state index in [4.69, 9.17) is 5.73 Å². The van der Waals surface area contributed by atoms with Crippen molar-refractivity contribution in [1.29, 1.82) is 0 Å². The van der Waals surface area contributed by atoms with E-state index in [0.717, 1.165) is 5.56 Å². The molecule has 0 aliphatic heterocycles. The molecule has 0 fully saturated rings. The van der Waals surface area contributed by atoms with Crippen molar-refractivity contribution in [3.63, 3.8) is 0 Å². The van der Waals surface area contributed by atoms with E-state index >= 15 is 0 Å². The highest BCUT2D eigenvalue weighted by atomic mass is 16.1. The number of hydrogen-bond acceptors (Lipinski definition) is 5. The van der Waals surface area contributed by atoms with Gasteiger partial charge in [-0.05, 0) is 5.56 Å². The molecule has 1 amide bonds. The highest BCUT2D eigenvalue weighted by molar-refractivity contribution is 5.94. The third-order valence-electron chi connectivity index (χ3n) is 2.31. The summed E-state index contributed by atoms with van der Waals surface area (Å²) in [7, 11) is 1.76. The van der Waals surface area contributed by atoms with E-state index in [2.05, 4.69) is 25.7 Å². The zero-order valence-electron chi connectivity index (χ0n) is 10.3. The maximum absolute atomic E-state index is 11.0. The van der Waals surface area contributed by atoms with Gasteiger partial charge in [-0.2, -0.15) is 5.21 Å². The van der Waals surface area contributed by atoms with Gasteiger partial charge in [0.05, 0.1) is 6.54 Å². The van der Waals surface area contributed by atoms with Crippen LogP contribution in [0.5, 0.6) is 0 Å². The molecular weight excluding hydrogens is 246 g/mol. The molecule has 0 atom stereocenters. The van der Waals surface area contributed by atoms with Crippen LogP contribution in [0.15, 0.2) is 40.7 Å². The first-order chi connectivity index (χ1) is 9.16. The molecule has 0 aliphatic rings. The fraction of sp³-hybridized carbons (Fsp3) is 0.182. The highest BCUT2D eigenvalue weighted by Crippen LogP contribution is 2.12. The Morgan fingerprint density at radius 1 is 1.37 bits per heavy atom. The molecule has 0 saturated heterocycles. The summed E-state index contributed by atoms with van der Waals surface area (Å²) < 4.78 is 0. The van der Waals surface area contributed by atoms with Gasteiger partial charge in [0.25, 0.3) is 5.91 Å². The van der Waals surface area contributed by atoms with Crippen LogP contribution in [0.2, 0.25) is 0 Å². The lowest BCUT2D eigenvalue weighted by Crippen LogP contribution is -2.12. The molecule has 0 saturated carbocycles. The van der Waals surface area contributed by atoms with Crippen LogP contribution in [-0.2, 0) is 6.54 Å². The number of rotatable bonds is 5. The quantitative estimate of drug-likeness (QED) is 0.616. The fourth-order valence-electron chi connectivity index (χ4n) is 1.46. The van der Waals surface area contributed by atoms with E-state index in [1.54, 1.807) is 12.1 Å². The van der Waals surface area contributed by atoms with Crippen LogP contribution in [-0.4, -0.2) is 33.4 Å². The van der Waals surface area contributed by atoms with E-state index in [-0.39, 0.29) is 11.5 Å². The Hall–Kier alpha value is -2.77. The Labute approximate surface area is 109 Å². The minimum atomic E-state index is -0.701. The van der Waals surface area contributed by atoms with Crippen molar-refractivity contribution in [1.82, 2.24) is 20.4 Å². The van der Waals surface area contributed by atoms with Crippen molar-refractivity contribution in [3.05, 3.63) is 41.6 Å². The van der Waals surface area contributed by atoms with Gasteiger partial charge in [-0.3, -0.25) is 9.80 Å². The van der Waals surface area contributed by atoms with Gasteiger partial charge in [-0.1, -0.05) is 35.6 Å². The second-order valence-electron chi connectivity index (χ2n) is 3.85. The number of nitrogens with zero attached hydrogens (tertiary/aromatic N) is 5. The molecular formula is C11H13N7O. The monoisotopic (exact) mass is 259 g/mol. The molecule has 0 aliphatic carbocycles. The van der Waals surface area contributed by atoms with Crippen molar-refractivity contribution >= 4 is 11.7 Å². The van der Waals surface area contributed by atoms with Crippen LogP contribution in [0, 0.1) is 0 Å². The van der Waals surface area contributed by atoms with Crippen LogP contribution in [0.4, 0.5) is 5.82 Å². The van der Waals surface area contributed by atoms with E-state index in [0.29, 0.717) is 6.54 Å². The number of nitrogens with one attached hydrogen (secondary N) is 1. The maximum Gasteiger partial charge on any atom is 0.273 e. The summed E-state index contributed by atoms with van der Waals surface area (Å²) in [6.45, 7) is 0.591. The minimum Gasteiger partial charge on any atom is -0.364 e. The number of nitrogens with two attached hydrogens (primary N) is 1. The average Bonchev–Trinajstić information content (AvgIpc) is 2.86. The van der Waals surface area contributed by atoms with E-state index in [1.165, 1.54) is 0 Å². The van der Waals surface area contributed by atoms with Crippen molar-refractivity contribution in [2.75, 3.05) is 7.05 Å². The first-order valence-electron chi connectivity index (χ1n) is 5.54. The molecule has 8 heteroatoms. The number of amides is 1. The summed E-state index contributed by atoms with van der Waals surface area (Å²) in [5.74, 6) is -0.624. The molecule has 0 radical (unpaired) electrons. The van der Waals surface area contributed by atoms with Gasteiger partial charge in [0.15, 0.2) is 5.69 Å². The molecule has 1 heterocycles. The van der Waals surface area contributed by atoms with E-state index in [9.17, 15) is 4.79 Å². The predicted octanol–water partition coefficient (Wildman–Crippen LogP) is 1.03. The maximum atomic E-state index is 11.0. The Kier molecular flexibility index (Phi) is 3.81. The Balaban J connectivity index is 2.02. The molecule has 19 heavy (non-hydrogen) atoms. The summed E-state index contributed by atoms with van der Waals surface area (Å²) in [4.78, 5) is 11.0. The van der Waals surface area contributed by atoms with E-state index < -0.39 is 5.91 Å². The molecule has 1 aromatic carbocycles. The summed E-state index contributed by atoms with van der Waals surface area (Å²) in [6, 6.07) is 9.81. The molecule has 98 valence electrons. The van der Waals surface area contributed by atoms with Crippen molar-refractivity contribution < 1.29 is 4.79 Å². The number of benzene rings is 1. The number of aromatic nitrogens is 3. The van der Waals surface area contributed by atoms with Crippen molar-refractivity contribution in [3.8, 4) is 0 Å². The topological polar surface area (TPSA) is 113 Å². The number of carbonyl (C=O) groups is 1. The molecule has 0 unspecified atom stereocenters. The molecule has 1 aromatic heterocycles. The van der Waals surface area contributed by atoms with Gasteiger partial charge in [-0.15, -0.1) is 15.3 Å². The summed E-state index contributed by atoms with van der Waals surface area (Å²) in [5, 5.41) is 18.9. The van der Waals surface area contributed by atoms with Gasteiger partial charge in [0.1, 0.15) is 0 Å². The Bertz CT molecular complexity index is 578. The summed E-state index contributed by atoms with van der Waals surface area (Å²) in [5.41, 5.74) is 6.18. The second-order valence-corrected chi connectivity index (χ2v) is 3.85. The zero-order valence-corrected chi connectivity index (χ0v) is 10.3. The van der Waals surface area contributed by atoms with Gasteiger partial charge in [0.2, 0.25) is 5.82 Å². The van der Waals surface area contributed by atoms with Crippen LogP contribution in [0.3, 0.4) is 0 Å². The highest BCUT2D eigenvalue weighted by Gasteiger charge is 2.12. The molecule has 0 bridgehead atoms. The summed E-state index contributed by atoms with van der Waals surface area (Å²) >= 11 is 0. The second kappa shape index (κ2) is 5.71. The van der Waals surface area contributed by atoms with Crippen LogP contribution < -0.4 is 5.73 Å². The van der Waals surface area contributed by atoms with Gasteiger partial charge < -0.3 is 5.73 Å². The van der Waals surface area contributed by atoms with Crippen molar-refractivity contribution in [2.24, 2.45) is 16.1 Å². The lowest BCUT2D eigenvalue weighted by Gasteiger charge is -2.10. The third-order valence-corrected chi connectivity index (χ3v) is 2.31. The van der Waals surface area contributed by atoms with Gasteiger partial charge in [-0.25, -0.2) is 0 Å². The lowest BCUT2D eigenvalue weighted by molar-refractivity contribution is 0.0996. The number of H-pyrrole nitrogens is 1. The predicted molar refractivity (Wildman–Crippen MR) is 67.3 cm³/mol. The molecule has 2 aromatic rings. The average molecular weight is 259 g/mol. The number of aromatic amines is 1. The minimum absolute atomic E-state index is 0.0307. The number of hydrogen-bond donors (Lipinski definition) is 2. The first kappa shape index (κ1) is 12.7. The molecule has 0 spiro atoms. The normalized spacial score (nSPS) is 10.8. The largest absolute Gasteiger partial charge is 0.364 e. The van der Waals surface area contributed by atoms with Crippen LogP contribution in [0.1, 0.15) is 16.1 Å². The molecule has 8 nitrogen and oxygen atoms in total. The van der Waals surface area contributed by atoms with E-state index in [1.807, 2.05) is 30.3 Å². The molecule has 2 rings (SSSR count). The van der Waals surface area contributed by atoms with Crippen LogP contribution in [0.25, 0.3) is 0 Å². The van der Waals surface area contributed by atoms with Crippen LogP contribution >= 0.6 is 0 Å². The summed E-state index contributed by atoms with van der Waals surface area (Å²) in [6.07, 6.45) is 0. The fourth-order valence-corrected chi connectivity index (χ4v) is 1.46. The van der Waals surface area contributed by atoms with Gasteiger partial charge in [0, 0.05) is 7.05 Å². The lowest BCUT2D eigenvalue weighted by atomic mass is 10.2. The Morgan fingerprint density at radius 3 is 2.79 bits per heavy atom. The zero-order chi connectivity index (χ0) is 13.7.